The minimum atomic E-state index is -4.80. The Morgan fingerprint density at radius 1 is 1.00 bits per heavy atom. The molecule has 1 aromatic heterocycles. The van der Waals surface area contributed by atoms with E-state index in [4.69, 9.17) is 15.2 Å². The van der Waals surface area contributed by atoms with Gasteiger partial charge in [-0.15, -0.1) is 24.9 Å². The largest absolute Gasteiger partial charge is 0.573 e. The molecule has 0 atom stereocenters. The number of alkyl halides is 3. The molecule has 0 saturated carbocycles. The van der Waals surface area contributed by atoms with Crippen LogP contribution in [0.15, 0.2) is 53.6 Å². The van der Waals surface area contributed by atoms with Crippen molar-refractivity contribution in [1.29, 1.82) is 10.5 Å². The maximum absolute atomic E-state index is 12.5. The second kappa shape index (κ2) is 11.5. The molecule has 2 aromatic carbocycles. The van der Waals surface area contributed by atoms with Crippen LogP contribution in [0.25, 0.3) is 11.1 Å². The van der Waals surface area contributed by atoms with E-state index in [-0.39, 0.29) is 33.5 Å². The highest BCUT2D eigenvalue weighted by atomic mass is 32.2. The van der Waals surface area contributed by atoms with Gasteiger partial charge in [-0.1, -0.05) is 24.3 Å². The third-order valence-electron chi connectivity index (χ3n) is 4.62. The van der Waals surface area contributed by atoms with Crippen LogP contribution in [0.1, 0.15) is 16.7 Å². The van der Waals surface area contributed by atoms with Gasteiger partial charge in [-0.05, 0) is 35.4 Å². The van der Waals surface area contributed by atoms with Gasteiger partial charge in [-0.25, -0.2) is 4.98 Å². The third-order valence-corrected chi connectivity index (χ3v) is 5.67. The van der Waals surface area contributed by atoms with E-state index in [2.05, 4.69) is 15.8 Å². The van der Waals surface area contributed by atoms with Crippen molar-refractivity contribution in [3.63, 3.8) is 0 Å². The number of hydrogen-bond donors (Lipinski definition) is 1. The molecule has 0 bridgehead atoms. The molecule has 35 heavy (non-hydrogen) atoms. The lowest BCUT2D eigenvalue weighted by Crippen LogP contribution is -2.17. The van der Waals surface area contributed by atoms with Crippen molar-refractivity contribution in [3.05, 3.63) is 65.2 Å². The number of nitrogen functional groups attached to an aromatic ring is 1. The number of pyridine rings is 1. The van der Waals surface area contributed by atoms with E-state index in [1.165, 1.54) is 18.2 Å². The predicted molar refractivity (Wildman–Crippen MR) is 124 cm³/mol. The summed E-state index contributed by atoms with van der Waals surface area (Å²) in [4.78, 5) is 4.21. The smallest absolute Gasteiger partial charge is 0.491 e. The van der Waals surface area contributed by atoms with Crippen molar-refractivity contribution < 1.29 is 27.4 Å². The highest BCUT2D eigenvalue weighted by Gasteiger charge is 2.31. The highest BCUT2D eigenvalue weighted by Crippen LogP contribution is 2.37. The summed E-state index contributed by atoms with van der Waals surface area (Å²) in [5.41, 5.74) is 7.62. The number of nitrogens with zero attached hydrogens (tertiary/aromatic N) is 3. The molecule has 0 fully saturated rings. The zero-order chi connectivity index (χ0) is 25.4. The van der Waals surface area contributed by atoms with Gasteiger partial charge in [0.2, 0.25) is 0 Å². The van der Waals surface area contributed by atoms with Gasteiger partial charge in [0, 0.05) is 18.4 Å². The fourth-order valence-electron chi connectivity index (χ4n) is 3.14. The van der Waals surface area contributed by atoms with E-state index < -0.39 is 6.36 Å². The van der Waals surface area contributed by atoms with Crippen molar-refractivity contribution in [1.82, 2.24) is 4.98 Å². The average Bonchev–Trinajstić information content (AvgIpc) is 2.82. The zero-order valence-corrected chi connectivity index (χ0v) is 19.2. The summed E-state index contributed by atoms with van der Waals surface area (Å²) in [5.74, 6) is 0.365. The zero-order valence-electron chi connectivity index (χ0n) is 18.4. The van der Waals surface area contributed by atoms with E-state index >= 15 is 0 Å². The summed E-state index contributed by atoms with van der Waals surface area (Å²) in [5, 5.41) is 19.8. The SMILES string of the molecule is COCCOc1ccc(-c2c(C#N)c(N)nc(SCc3cccc(OC(F)(F)F)c3)c2C#N)cc1. The van der Waals surface area contributed by atoms with Crippen LogP contribution in [0, 0.1) is 22.7 Å². The number of methoxy groups -OCH3 is 1. The van der Waals surface area contributed by atoms with Crippen LogP contribution < -0.4 is 15.2 Å². The molecule has 0 aliphatic heterocycles. The minimum Gasteiger partial charge on any atom is -0.491 e. The second-order valence-electron chi connectivity index (χ2n) is 7.00. The topological polar surface area (TPSA) is 114 Å². The molecule has 0 aliphatic rings. The van der Waals surface area contributed by atoms with E-state index in [1.807, 2.05) is 6.07 Å². The van der Waals surface area contributed by atoms with Crippen LogP contribution in [0.2, 0.25) is 0 Å². The van der Waals surface area contributed by atoms with Crippen LogP contribution >= 0.6 is 11.8 Å². The van der Waals surface area contributed by atoms with Gasteiger partial charge in [0.05, 0.1) is 12.2 Å². The lowest BCUT2D eigenvalue weighted by Gasteiger charge is -2.14. The number of rotatable bonds is 9. The minimum absolute atomic E-state index is 0.0551. The number of ether oxygens (including phenoxy) is 3. The molecule has 0 aliphatic carbocycles. The standard InChI is InChI=1S/C24H19F3N4O3S/c1-32-9-10-33-17-7-5-16(6-8-17)21-19(12-28)22(30)31-23(20(21)13-29)35-14-15-3-2-4-18(11-15)34-24(25,26)27/h2-8,11H,9-10,14H2,1H3,(H2,30,31). The summed E-state index contributed by atoms with van der Waals surface area (Å²) in [7, 11) is 1.57. The van der Waals surface area contributed by atoms with Gasteiger partial charge in [0.25, 0.3) is 0 Å². The first-order valence-corrected chi connectivity index (χ1v) is 11.1. The number of nitrogens with two attached hydrogens (primary N) is 1. The van der Waals surface area contributed by atoms with Gasteiger partial charge >= 0.3 is 6.36 Å². The Bertz CT molecular complexity index is 1270. The summed E-state index contributed by atoms with van der Waals surface area (Å²) >= 11 is 1.11. The molecule has 11 heteroatoms. The summed E-state index contributed by atoms with van der Waals surface area (Å²) in [6.07, 6.45) is -4.80. The number of thioether (sulfide) groups is 1. The van der Waals surface area contributed by atoms with Crippen LogP contribution in [0.3, 0.4) is 0 Å². The molecule has 2 N–H and O–H groups in total. The van der Waals surface area contributed by atoms with Gasteiger partial charge in [-0.3, -0.25) is 0 Å². The molecular formula is C24H19F3N4O3S. The van der Waals surface area contributed by atoms with Crippen LogP contribution in [0.5, 0.6) is 11.5 Å². The molecule has 1 heterocycles. The fraction of sp³-hybridized carbons (Fsp3) is 0.208. The fourth-order valence-corrected chi connectivity index (χ4v) is 4.07. The number of aromatic nitrogens is 1. The summed E-state index contributed by atoms with van der Waals surface area (Å²) in [6.45, 7) is 0.784. The summed E-state index contributed by atoms with van der Waals surface area (Å²) < 4.78 is 52.0. The van der Waals surface area contributed by atoms with Crippen LogP contribution in [-0.2, 0) is 10.5 Å². The summed E-state index contributed by atoms with van der Waals surface area (Å²) in [6, 6.07) is 16.4. The molecule has 0 saturated heterocycles. The third kappa shape index (κ3) is 6.79. The van der Waals surface area contributed by atoms with Gasteiger partial charge in [0.15, 0.2) is 0 Å². The van der Waals surface area contributed by atoms with Crippen LogP contribution in [-0.4, -0.2) is 31.7 Å². The Kier molecular flexibility index (Phi) is 8.42. The molecule has 0 radical (unpaired) electrons. The number of anilines is 1. The van der Waals surface area contributed by atoms with Gasteiger partial charge in [0.1, 0.15) is 46.7 Å². The first kappa shape index (κ1) is 25.7. The Hall–Kier alpha value is -3.93. The van der Waals surface area contributed by atoms with E-state index in [0.717, 1.165) is 11.8 Å². The second-order valence-corrected chi connectivity index (χ2v) is 7.96. The van der Waals surface area contributed by atoms with Gasteiger partial charge < -0.3 is 19.9 Å². The molecule has 0 unspecified atom stereocenters. The molecular weight excluding hydrogens is 481 g/mol. The lowest BCUT2D eigenvalue weighted by atomic mass is 9.97. The molecule has 0 amide bonds. The van der Waals surface area contributed by atoms with Crippen molar-refractivity contribution in [2.75, 3.05) is 26.1 Å². The monoisotopic (exact) mass is 500 g/mol. The number of halogens is 3. The average molecular weight is 501 g/mol. The van der Waals surface area contributed by atoms with Crippen molar-refractivity contribution >= 4 is 17.6 Å². The van der Waals surface area contributed by atoms with Gasteiger partial charge in [-0.2, -0.15) is 10.5 Å². The van der Waals surface area contributed by atoms with Crippen LogP contribution in [0.4, 0.5) is 19.0 Å². The Morgan fingerprint density at radius 3 is 2.34 bits per heavy atom. The first-order chi connectivity index (χ1) is 16.8. The Morgan fingerprint density at radius 2 is 1.71 bits per heavy atom. The normalized spacial score (nSPS) is 10.9. The lowest BCUT2D eigenvalue weighted by molar-refractivity contribution is -0.274. The number of nitriles is 2. The first-order valence-electron chi connectivity index (χ1n) is 10.1. The number of hydrogen-bond acceptors (Lipinski definition) is 8. The molecule has 3 rings (SSSR count). The molecule has 0 spiro atoms. The molecule has 7 nitrogen and oxygen atoms in total. The van der Waals surface area contributed by atoms with E-state index in [9.17, 15) is 23.7 Å². The predicted octanol–water partition coefficient (Wildman–Crippen LogP) is 5.29. The van der Waals surface area contributed by atoms with Crippen molar-refractivity contribution in [2.45, 2.75) is 17.1 Å². The molecule has 180 valence electrons. The molecule has 3 aromatic rings. The Balaban J connectivity index is 1.92. The Labute approximate surface area is 203 Å². The van der Waals surface area contributed by atoms with Crippen molar-refractivity contribution in [3.8, 4) is 34.8 Å². The van der Waals surface area contributed by atoms with Crippen molar-refractivity contribution in [2.24, 2.45) is 0 Å². The quantitative estimate of drug-likeness (QED) is 0.311. The highest BCUT2D eigenvalue weighted by molar-refractivity contribution is 7.98. The van der Waals surface area contributed by atoms with E-state index in [1.54, 1.807) is 37.4 Å². The maximum atomic E-state index is 12.5. The number of benzene rings is 2. The van der Waals surface area contributed by atoms with E-state index in [0.29, 0.717) is 35.7 Å². The maximum Gasteiger partial charge on any atom is 0.573 e.